The number of nitrogens with zero attached hydrogens (tertiary/aromatic N) is 1. The average molecular weight is 302 g/mol. The zero-order chi connectivity index (χ0) is 14.8. The Morgan fingerprint density at radius 3 is 2.45 bits per heavy atom. The van der Waals surface area contributed by atoms with Crippen LogP contribution in [0, 0.1) is 5.92 Å². The highest BCUT2D eigenvalue weighted by molar-refractivity contribution is 7.92. The number of piperidine rings is 1. The maximum atomic E-state index is 12.4. The number of carbonyl (C=O) groups is 1. The summed E-state index contributed by atoms with van der Waals surface area (Å²) in [6.07, 6.45) is 5.35. The summed E-state index contributed by atoms with van der Waals surface area (Å²) in [6.45, 7) is 3.14. The molecule has 1 amide bonds. The van der Waals surface area contributed by atoms with E-state index in [1.54, 1.807) is 4.90 Å². The van der Waals surface area contributed by atoms with Crippen LogP contribution in [0.5, 0.6) is 0 Å². The number of amides is 1. The van der Waals surface area contributed by atoms with E-state index in [2.05, 4.69) is 6.92 Å². The summed E-state index contributed by atoms with van der Waals surface area (Å²) in [5.41, 5.74) is 5.76. The molecule has 0 radical (unpaired) electrons. The van der Waals surface area contributed by atoms with E-state index < -0.39 is 9.84 Å². The summed E-state index contributed by atoms with van der Waals surface area (Å²) in [4.78, 5) is 14.1. The second-order valence-corrected chi connectivity index (χ2v) is 8.50. The first-order valence-electron chi connectivity index (χ1n) is 7.67. The molecule has 6 heteroatoms. The van der Waals surface area contributed by atoms with Gasteiger partial charge >= 0.3 is 0 Å². The number of carbonyl (C=O) groups excluding carboxylic acids is 1. The molecule has 1 saturated heterocycles. The largest absolute Gasteiger partial charge is 0.337 e. The van der Waals surface area contributed by atoms with E-state index in [4.69, 9.17) is 5.73 Å². The summed E-state index contributed by atoms with van der Waals surface area (Å²) in [6, 6.07) is -0.00460. The number of hydrogen-bond acceptors (Lipinski definition) is 4. The third-order valence-electron chi connectivity index (χ3n) is 4.81. The molecule has 0 aromatic heterocycles. The first-order chi connectivity index (χ1) is 9.45. The van der Waals surface area contributed by atoms with Crippen molar-refractivity contribution in [3.8, 4) is 0 Å². The van der Waals surface area contributed by atoms with Crippen molar-refractivity contribution < 1.29 is 13.2 Å². The van der Waals surface area contributed by atoms with Crippen molar-refractivity contribution in [2.24, 2.45) is 11.7 Å². The topological polar surface area (TPSA) is 80.5 Å². The highest BCUT2D eigenvalue weighted by atomic mass is 32.2. The third kappa shape index (κ3) is 3.34. The van der Waals surface area contributed by atoms with Crippen molar-refractivity contribution in [1.82, 2.24) is 4.90 Å². The van der Waals surface area contributed by atoms with E-state index in [0.29, 0.717) is 31.8 Å². The van der Waals surface area contributed by atoms with Crippen LogP contribution in [-0.2, 0) is 14.6 Å². The fourth-order valence-corrected chi connectivity index (χ4v) is 5.34. The Hall–Kier alpha value is -0.620. The molecule has 0 bridgehead atoms. The van der Waals surface area contributed by atoms with Crippen molar-refractivity contribution in [2.45, 2.75) is 56.7 Å². The zero-order valence-electron chi connectivity index (χ0n) is 12.3. The molecular formula is C14H26N2O3S. The van der Waals surface area contributed by atoms with E-state index in [0.717, 1.165) is 25.7 Å². The van der Waals surface area contributed by atoms with E-state index in [1.165, 1.54) is 0 Å². The predicted molar refractivity (Wildman–Crippen MR) is 79.0 cm³/mol. The molecule has 0 aromatic carbocycles. The van der Waals surface area contributed by atoms with Crippen molar-refractivity contribution in [2.75, 3.05) is 18.8 Å². The summed E-state index contributed by atoms with van der Waals surface area (Å²) in [7, 11) is -3.29. The number of nitrogens with two attached hydrogens (primary N) is 1. The highest BCUT2D eigenvalue weighted by Gasteiger charge is 2.36. The van der Waals surface area contributed by atoms with Crippen molar-refractivity contribution in [3.63, 3.8) is 0 Å². The van der Waals surface area contributed by atoms with Crippen LogP contribution >= 0.6 is 0 Å². The molecule has 116 valence electrons. The fraction of sp³-hybridized carbons (Fsp3) is 0.929. The van der Waals surface area contributed by atoms with Crippen LogP contribution in [0.3, 0.4) is 0 Å². The molecule has 1 saturated carbocycles. The molecule has 1 aliphatic heterocycles. The van der Waals surface area contributed by atoms with Gasteiger partial charge in [-0.05, 0) is 31.6 Å². The van der Waals surface area contributed by atoms with Gasteiger partial charge in [0.05, 0.1) is 5.25 Å². The normalized spacial score (nSPS) is 28.8. The second-order valence-electron chi connectivity index (χ2n) is 6.22. The Balaban J connectivity index is 2.03. The van der Waals surface area contributed by atoms with Crippen LogP contribution in [0.4, 0.5) is 0 Å². The molecule has 2 rings (SSSR count). The lowest BCUT2D eigenvalue weighted by molar-refractivity contribution is -0.133. The van der Waals surface area contributed by atoms with Gasteiger partial charge in [-0.2, -0.15) is 0 Å². The summed E-state index contributed by atoms with van der Waals surface area (Å²) < 4.78 is 24.6. The fourth-order valence-electron chi connectivity index (χ4n) is 3.54. The zero-order valence-corrected chi connectivity index (χ0v) is 13.1. The first-order valence-corrected chi connectivity index (χ1v) is 9.38. The number of hydrogen-bond donors (Lipinski definition) is 1. The number of likely N-dealkylation sites (tertiary alicyclic amines) is 1. The molecule has 2 atom stereocenters. The van der Waals surface area contributed by atoms with Gasteiger partial charge in [0.1, 0.15) is 5.75 Å². The van der Waals surface area contributed by atoms with E-state index in [1.807, 2.05) is 0 Å². The Bertz CT molecular complexity index is 443. The Morgan fingerprint density at radius 1 is 1.20 bits per heavy atom. The minimum Gasteiger partial charge on any atom is -0.337 e. The Kier molecular flexibility index (Phi) is 5.07. The van der Waals surface area contributed by atoms with Gasteiger partial charge in [0.2, 0.25) is 5.91 Å². The van der Waals surface area contributed by atoms with Crippen LogP contribution in [0.2, 0.25) is 0 Å². The standard InChI is InChI=1S/C14H26N2O3S/c1-11-5-4-8-16(13(11)9-15)14(17)10-20(18,19)12-6-2-3-7-12/h11-13H,2-10,15H2,1H3/t11-,13-/m0/s1. The monoisotopic (exact) mass is 302 g/mol. The van der Waals surface area contributed by atoms with Gasteiger partial charge in [0.25, 0.3) is 0 Å². The molecule has 0 spiro atoms. The summed E-state index contributed by atoms with van der Waals surface area (Å²) >= 11 is 0. The van der Waals surface area contributed by atoms with Crippen LogP contribution in [-0.4, -0.2) is 49.4 Å². The molecule has 20 heavy (non-hydrogen) atoms. The first kappa shape index (κ1) is 15.8. The van der Waals surface area contributed by atoms with Crippen LogP contribution in [0.1, 0.15) is 45.4 Å². The molecule has 1 aliphatic carbocycles. The maximum absolute atomic E-state index is 12.4. The molecule has 2 aliphatic rings. The lowest BCUT2D eigenvalue weighted by Gasteiger charge is -2.39. The van der Waals surface area contributed by atoms with Crippen molar-refractivity contribution in [3.05, 3.63) is 0 Å². The third-order valence-corrected chi connectivity index (χ3v) is 6.95. The average Bonchev–Trinajstić information content (AvgIpc) is 2.92. The molecule has 5 nitrogen and oxygen atoms in total. The van der Waals surface area contributed by atoms with E-state index in [-0.39, 0.29) is 23.0 Å². The van der Waals surface area contributed by atoms with Gasteiger partial charge in [-0.15, -0.1) is 0 Å². The minimum atomic E-state index is -3.29. The lowest BCUT2D eigenvalue weighted by atomic mass is 9.91. The maximum Gasteiger partial charge on any atom is 0.238 e. The van der Waals surface area contributed by atoms with Gasteiger partial charge in [0.15, 0.2) is 9.84 Å². The Labute approximate surface area is 121 Å². The van der Waals surface area contributed by atoms with Crippen LogP contribution in [0.25, 0.3) is 0 Å². The number of rotatable bonds is 4. The lowest BCUT2D eigenvalue weighted by Crippen LogP contribution is -2.53. The van der Waals surface area contributed by atoms with Crippen LogP contribution < -0.4 is 5.73 Å². The minimum absolute atomic E-state index is 0.00460. The van der Waals surface area contributed by atoms with Gasteiger partial charge in [-0.3, -0.25) is 4.79 Å². The summed E-state index contributed by atoms with van der Waals surface area (Å²) in [5.74, 6) is -0.230. The van der Waals surface area contributed by atoms with Crippen molar-refractivity contribution >= 4 is 15.7 Å². The molecule has 0 aromatic rings. The smallest absolute Gasteiger partial charge is 0.238 e. The van der Waals surface area contributed by atoms with Gasteiger partial charge in [-0.25, -0.2) is 8.42 Å². The molecule has 2 fully saturated rings. The quantitative estimate of drug-likeness (QED) is 0.837. The van der Waals surface area contributed by atoms with Gasteiger partial charge < -0.3 is 10.6 Å². The molecule has 0 unspecified atom stereocenters. The van der Waals surface area contributed by atoms with E-state index in [9.17, 15) is 13.2 Å². The van der Waals surface area contributed by atoms with Crippen molar-refractivity contribution in [1.29, 1.82) is 0 Å². The number of sulfone groups is 1. The van der Waals surface area contributed by atoms with Crippen LogP contribution in [0.15, 0.2) is 0 Å². The van der Waals surface area contributed by atoms with E-state index >= 15 is 0 Å². The van der Waals surface area contributed by atoms with Gasteiger partial charge in [0, 0.05) is 19.1 Å². The molecule has 1 heterocycles. The molecular weight excluding hydrogens is 276 g/mol. The SMILES string of the molecule is C[C@H]1CCCN(C(=O)CS(=O)(=O)C2CCCC2)[C@H]1CN. The highest BCUT2D eigenvalue weighted by Crippen LogP contribution is 2.27. The molecule has 2 N–H and O–H groups in total. The van der Waals surface area contributed by atoms with Gasteiger partial charge in [-0.1, -0.05) is 19.8 Å². The summed E-state index contributed by atoms with van der Waals surface area (Å²) in [5, 5.41) is -0.301. The predicted octanol–water partition coefficient (Wildman–Crippen LogP) is 0.930. The second kappa shape index (κ2) is 6.43. The Morgan fingerprint density at radius 2 is 1.85 bits per heavy atom.